The number of non-ortho nitro benzene ring substituents is 1. The Morgan fingerprint density at radius 3 is 2.41 bits per heavy atom. The summed E-state index contributed by atoms with van der Waals surface area (Å²) < 4.78 is 32.3. The van der Waals surface area contributed by atoms with Crippen molar-refractivity contribution < 1.29 is 17.8 Å². The van der Waals surface area contributed by atoms with E-state index in [4.69, 9.17) is 4.42 Å². The summed E-state index contributed by atoms with van der Waals surface area (Å²) in [6.45, 7) is 1.35. The Kier molecular flexibility index (Phi) is 4.99. The number of hydrogen-bond acceptors (Lipinski definition) is 8. The van der Waals surface area contributed by atoms with E-state index < -0.39 is 14.9 Å². The number of nitrogens with zero attached hydrogens (tertiary/aromatic N) is 5. The fourth-order valence-corrected chi connectivity index (χ4v) is 4.58. The van der Waals surface area contributed by atoms with E-state index in [1.165, 1.54) is 22.5 Å². The minimum Gasteiger partial charge on any atom is -0.463 e. The quantitative estimate of drug-likeness (QED) is 0.459. The molecule has 1 fully saturated rings. The van der Waals surface area contributed by atoms with Crippen LogP contribution in [0.3, 0.4) is 0 Å². The summed E-state index contributed by atoms with van der Waals surface area (Å²) in [6, 6.07) is 12.3. The van der Waals surface area contributed by atoms with Crippen LogP contribution in [0.1, 0.15) is 0 Å². The fourth-order valence-electron chi connectivity index (χ4n) is 3.11. The second-order valence-electron chi connectivity index (χ2n) is 6.40. The molecule has 1 saturated heterocycles. The predicted octanol–water partition coefficient (Wildman–Crippen LogP) is 2.16. The Balaban J connectivity index is 1.45. The molecule has 0 atom stereocenters. The van der Waals surface area contributed by atoms with Gasteiger partial charge in [-0.25, -0.2) is 8.42 Å². The van der Waals surface area contributed by atoms with Gasteiger partial charge in [0.05, 0.1) is 16.1 Å². The fraction of sp³-hybridized carbons (Fsp3) is 0.222. The van der Waals surface area contributed by atoms with Crippen LogP contribution in [0.15, 0.2) is 64.1 Å². The average Bonchev–Trinajstić information content (AvgIpc) is 3.29. The van der Waals surface area contributed by atoms with E-state index in [1.807, 2.05) is 11.0 Å². The van der Waals surface area contributed by atoms with E-state index in [0.717, 1.165) is 6.07 Å². The summed E-state index contributed by atoms with van der Waals surface area (Å²) in [4.78, 5) is 12.2. The lowest BCUT2D eigenvalue weighted by atomic mass is 10.3. The smallest absolute Gasteiger partial charge is 0.270 e. The third-order valence-electron chi connectivity index (χ3n) is 4.65. The average molecular weight is 415 g/mol. The van der Waals surface area contributed by atoms with Crippen LogP contribution in [0.5, 0.6) is 0 Å². The maximum Gasteiger partial charge on any atom is 0.270 e. The summed E-state index contributed by atoms with van der Waals surface area (Å²) in [6.07, 6.45) is 1.56. The molecule has 0 N–H and O–H groups in total. The lowest BCUT2D eigenvalue weighted by Gasteiger charge is -2.34. The van der Waals surface area contributed by atoms with E-state index in [2.05, 4.69) is 10.2 Å². The molecule has 0 aliphatic carbocycles. The molecule has 0 radical (unpaired) electrons. The van der Waals surface area contributed by atoms with Crippen molar-refractivity contribution >= 4 is 21.5 Å². The predicted molar refractivity (Wildman–Crippen MR) is 104 cm³/mol. The summed E-state index contributed by atoms with van der Waals surface area (Å²) >= 11 is 0. The molecule has 150 valence electrons. The molecule has 29 heavy (non-hydrogen) atoms. The van der Waals surface area contributed by atoms with Crippen LogP contribution in [0, 0.1) is 10.1 Å². The molecule has 0 spiro atoms. The largest absolute Gasteiger partial charge is 0.463 e. The number of sulfonamides is 1. The van der Waals surface area contributed by atoms with Crippen LogP contribution in [0.4, 0.5) is 11.5 Å². The molecule has 4 rings (SSSR count). The Morgan fingerprint density at radius 1 is 1.00 bits per heavy atom. The van der Waals surface area contributed by atoms with Gasteiger partial charge in [0.15, 0.2) is 11.6 Å². The van der Waals surface area contributed by atoms with Gasteiger partial charge >= 0.3 is 0 Å². The van der Waals surface area contributed by atoms with E-state index >= 15 is 0 Å². The maximum atomic E-state index is 12.8. The van der Waals surface area contributed by atoms with Crippen LogP contribution in [-0.4, -0.2) is 54.0 Å². The highest BCUT2D eigenvalue weighted by Gasteiger charge is 2.30. The summed E-state index contributed by atoms with van der Waals surface area (Å²) in [5.41, 5.74) is 0.363. The monoisotopic (exact) mass is 415 g/mol. The molecule has 0 bridgehead atoms. The summed E-state index contributed by atoms with van der Waals surface area (Å²) in [5, 5.41) is 19.3. The molecule has 3 heterocycles. The highest BCUT2D eigenvalue weighted by Crippen LogP contribution is 2.24. The standard InChI is InChI=1S/C18H17N5O5S/c24-23(25)14-3-1-4-15(13-14)29(26,27)22-10-8-21(9-11-22)18-7-6-16(19-20-18)17-5-2-12-28-17/h1-7,12-13H,8-11H2. The highest BCUT2D eigenvalue weighted by molar-refractivity contribution is 7.89. The van der Waals surface area contributed by atoms with E-state index in [-0.39, 0.29) is 23.7 Å². The van der Waals surface area contributed by atoms with Crippen molar-refractivity contribution in [3.05, 3.63) is 64.9 Å². The third kappa shape index (κ3) is 3.82. The van der Waals surface area contributed by atoms with Crippen LogP contribution in [0.2, 0.25) is 0 Å². The zero-order valence-electron chi connectivity index (χ0n) is 15.2. The number of aromatic nitrogens is 2. The van der Waals surface area contributed by atoms with Gasteiger partial charge in [-0.1, -0.05) is 6.07 Å². The van der Waals surface area contributed by atoms with Crippen LogP contribution in [0.25, 0.3) is 11.5 Å². The molecular weight excluding hydrogens is 398 g/mol. The van der Waals surface area contributed by atoms with Crippen LogP contribution in [-0.2, 0) is 10.0 Å². The van der Waals surface area contributed by atoms with Crippen molar-refractivity contribution in [2.75, 3.05) is 31.1 Å². The molecule has 1 aliphatic heterocycles. The molecule has 3 aromatic rings. The molecule has 2 aromatic heterocycles. The van der Waals surface area contributed by atoms with Crippen molar-refractivity contribution in [2.45, 2.75) is 4.90 Å². The molecular formula is C18H17N5O5S. The topological polar surface area (TPSA) is 123 Å². The van der Waals surface area contributed by atoms with Gasteiger partial charge < -0.3 is 9.32 Å². The molecule has 0 unspecified atom stereocenters. The van der Waals surface area contributed by atoms with Gasteiger partial charge in [0.25, 0.3) is 5.69 Å². The van der Waals surface area contributed by atoms with Gasteiger partial charge in [-0.15, -0.1) is 10.2 Å². The van der Waals surface area contributed by atoms with Crippen molar-refractivity contribution in [1.29, 1.82) is 0 Å². The Bertz CT molecular complexity index is 1110. The first-order valence-electron chi connectivity index (χ1n) is 8.82. The third-order valence-corrected chi connectivity index (χ3v) is 6.55. The zero-order chi connectivity index (χ0) is 20.4. The van der Waals surface area contributed by atoms with E-state index in [9.17, 15) is 18.5 Å². The zero-order valence-corrected chi connectivity index (χ0v) is 16.0. The van der Waals surface area contributed by atoms with Crippen LogP contribution >= 0.6 is 0 Å². The maximum absolute atomic E-state index is 12.8. The van der Waals surface area contributed by atoms with Gasteiger partial charge in [0.2, 0.25) is 10.0 Å². The number of piperazine rings is 1. The van der Waals surface area contributed by atoms with Crippen molar-refractivity contribution in [2.24, 2.45) is 0 Å². The minimum absolute atomic E-state index is 0.0808. The summed E-state index contributed by atoms with van der Waals surface area (Å²) in [7, 11) is -3.81. The van der Waals surface area contributed by atoms with Crippen molar-refractivity contribution in [3.63, 3.8) is 0 Å². The minimum atomic E-state index is -3.81. The van der Waals surface area contributed by atoms with Crippen molar-refractivity contribution in [3.8, 4) is 11.5 Å². The van der Waals surface area contributed by atoms with E-state index in [0.29, 0.717) is 30.4 Å². The lowest BCUT2D eigenvalue weighted by Crippen LogP contribution is -2.49. The van der Waals surface area contributed by atoms with Gasteiger partial charge in [0, 0.05) is 38.3 Å². The second-order valence-corrected chi connectivity index (χ2v) is 8.34. The van der Waals surface area contributed by atoms with Gasteiger partial charge in [0.1, 0.15) is 5.69 Å². The Labute approximate surface area is 166 Å². The van der Waals surface area contributed by atoms with Crippen LogP contribution < -0.4 is 4.90 Å². The molecule has 0 amide bonds. The number of nitro benzene ring substituents is 1. The van der Waals surface area contributed by atoms with E-state index in [1.54, 1.807) is 24.5 Å². The first-order valence-corrected chi connectivity index (χ1v) is 10.3. The molecule has 10 nitrogen and oxygen atoms in total. The Morgan fingerprint density at radius 2 is 1.79 bits per heavy atom. The molecule has 1 aromatic carbocycles. The SMILES string of the molecule is O=[N+]([O-])c1cccc(S(=O)(=O)N2CCN(c3ccc(-c4ccco4)nn3)CC2)c1. The normalized spacial score (nSPS) is 15.4. The highest BCUT2D eigenvalue weighted by atomic mass is 32.2. The van der Waals surface area contributed by atoms with Gasteiger partial charge in [-0.05, 0) is 30.3 Å². The van der Waals surface area contributed by atoms with Gasteiger partial charge in [-0.3, -0.25) is 10.1 Å². The first kappa shape index (κ1) is 19.0. The molecule has 0 saturated carbocycles. The number of hydrogen-bond donors (Lipinski definition) is 0. The number of rotatable bonds is 5. The van der Waals surface area contributed by atoms with Crippen molar-refractivity contribution in [1.82, 2.24) is 14.5 Å². The van der Waals surface area contributed by atoms with Gasteiger partial charge in [-0.2, -0.15) is 4.31 Å². The number of nitro groups is 1. The summed E-state index contributed by atoms with van der Waals surface area (Å²) in [5.74, 6) is 1.27. The lowest BCUT2D eigenvalue weighted by molar-refractivity contribution is -0.385. The first-order chi connectivity index (χ1) is 13.9. The Hall–Kier alpha value is -3.31. The second kappa shape index (κ2) is 7.60. The number of furan rings is 1. The molecule has 1 aliphatic rings. The number of anilines is 1. The molecule has 11 heteroatoms. The number of benzene rings is 1.